The van der Waals surface area contributed by atoms with Crippen molar-refractivity contribution < 1.29 is 4.79 Å². The van der Waals surface area contributed by atoms with Crippen molar-refractivity contribution >= 4 is 17.2 Å². The maximum atomic E-state index is 13.2. The first-order valence-corrected chi connectivity index (χ1v) is 11.1. The molecule has 0 aromatic carbocycles. The Morgan fingerprint density at radius 3 is 2.63 bits per heavy atom. The smallest absolute Gasteiger partial charge is 0.263 e. The number of thiophene rings is 1. The van der Waals surface area contributed by atoms with E-state index in [2.05, 4.69) is 16.7 Å². The fourth-order valence-corrected chi connectivity index (χ4v) is 6.10. The third-order valence-corrected chi connectivity index (χ3v) is 7.56. The van der Waals surface area contributed by atoms with Gasteiger partial charge in [0.15, 0.2) is 0 Å². The Labute approximate surface area is 163 Å². The third-order valence-electron chi connectivity index (χ3n) is 6.70. The van der Waals surface area contributed by atoms with Crippen LogP contribution in [0.25, 0.3) is 0 Å². The van der Waals surface area contributed by atoms with Crippen molar-refractivity contribution in [3.8, 4) is 0 Å². The highest BCUT2D eigenvalue weighted by Crippen LogP contribution is 2.37. The second-order valence-corrected chi connectivity index (χ2v) is 9.40. The van der Waals surface area contributed by atoms with Crippen molar-refractivity contribution in [1.29, 1.82) is 0 Å². The molecule has 2 aliphatic heterocycles. The van der Waals surface area contributed by atoms with Crippen LogP contribution in [0, 0.1) is 5.92 Å². The van der Waals surface area contributed by atoms with Crippen LogP contribution in [-0.4, -0.2) is 28.5 Å². The Kier molecular flexibility index (Phi) is 4.43. The average Bonchev–Trinajstić information content (AvgIpc) is 3.23. The molecule has 0 N–H and O–H groups in total. The quantitative estimate of drug-likeness (QED) is 0.780. The lowest BCUT2D eigenvalue weighted by molar-refractivity contribution is 0.0599. The molecular weight excluding hydrogens is 356 g/mol. The van der Waals surface area contributed by atoms with Crippen molar-refractivity contribution in [2.75, 3.05) is 13.1 Å². The second kappa shape index (κ2) is 6.93. The zero-order chi connectivity index (χ0) is 18.4. The van der Waals surface area contributed by atoms with Gasteiger partial charge in [-0.2, -0.15) is 0 Å². The van der Waals surface area contributed by atoms with E-state index >= 15 is 0 Å². The molecule has 27 heavy (non-hydrogen) atoms. The second-order valence-electron chi connectivity index (χ2n) is 8.45. The summed E-state index contributed by atoms with van der Waals surface area (Å²) in [5.74, 6) is 1.27. The number of likely N-dealkylation sites (tertiary alicyclic amines) is 1. The number of fused-ring (bicyclic) bond motifs is 4. The molecule has 4 nitrogen and oxygen atoms in total. The van der Waals surface area contributed by atoms with Crippen LogP contribution in [0.2, 0.25) is 0 Å². The number of piperidine rings is 1. The van der Waals surface area contributed by atoms with Gasteiger partial charge < -0.3 is 9.47 Å². The van der Waals surface area contributed by atoms with Crippen LogP contribution in [0.1, 0.15) is 71.3 Å². The molecule has 1 saturated heterocycles. The van der Waals surface area contributed by atoms with Crippen molar-refractivity contribution in [2.45, 2.75) is 56.9 Å². The predicted octanol–water partition coefficient (Wildman–Crippen LogP) is 4.22. The van der Waals surface area contributed by atoms with Gasteiger partial charge in [0.05, 0.1) is 4.88 Å². The number of carbonyl (C=O) groups is 1. The van der Waals surface area contributed by atoms with Crippen molar-refractivity contribution in [3.63, 3.8) is 0 Å². The van der Waals surface area contributed by atoms with E-state index < -0.39 is 0 Å². The van der Waals surface area contributed by atoms with Gasteiger partial charge in [-0.05, 0) is 48.6 Å². The molecule has 0 radical (unpaired) electrons. The number of rotatable bonds is 2. The Hall–Kier alpha value is -1.88. The van der Waals surface area contributed by atoms with Gasteiger partial charge in [-0.1, -0.05) is 31.4 Å². The van der Waals surface area contributed by atoms with Crippen molar-refractivity contribution in [1.82, 2.24) is 9.47 Å². The first kappa shape index (κ1) is 17.2. The summed E-state index contributed by atoms with van der Waals surface area (Å²) in [7, 11) is 0. The SMILES string of the molecule is O=C(c1cccs1)N1CC2CC(C1)c1ccc(C3CCCCC3)c(=O)n1C2. The van der Waals surface area contributed by atoms with Gasteiger partial charge in [-0.3, -0.25) is 9.59 Å². The van der Waals surface area contributed by atoms with E-state index in [1.54, 1.807) is 0 Å². The molecule has 0 spiro atoms. The monoisotopic (exact) mass is 382 g/mol. The van der Waals surface area contributed by atoms with Gasteiger partial charge in [0.25, 0.3) is 11.5 Å². The molecule has 4 heterocycles. The molecule has 5 heteroatoms. The van der Waals surface area contributed by atoms with Crippen LogP contribution in [-0.2, 0) is 6.54 Å². The van der Waals surface area contributed by atoms with Crippen molar-refractivity contribution in [2.24, 2.45) is 5.92 Å². The molecule has 2 bridgehead atoms. The van der Waals surface area contributed by atoms with Gasteiger partial charge in [0.2, 0.25) is 0 Å². The predicted molar refractivity (Wildman–Crippen MR) is 108 cm³/mol. The minimum absolute atomic E-state index is 0.148. The molecule has 1 saturated carbocycles. The van der Waals surface area contributed by atoms with E-state index in [1.807, 2.05) is 22.4 Å². The number of hydrogen-bond donors (Lipinski definition) is 0. The van der Waals surface area contributed by atoms with Crippen LogP contribution in [0.5, 0.6) is 0 Å². The zero-order valence-electron chi connectivity index (χ0n) is 15.6. The number of carbonyl (C=O) groups excluding carboxylic acids is 1. The fraction of sp³-hybridized carbons (Fsp3) is 0.545. The van der Waals surface area contributed by atoms with Crippen LogP contribution in [0.15, 0.2) is 34.4 Å². The zero-order valence-corrected chi connectivity index (χ0v) is 16.4. The molecule has 5 rings (SSSR count). The normalized spacial score (nSPS) is 25.3. The maximum absolute atomic E-state index is 13.2. The van der Waals surface area contributed by atoms with Crippen LogP contribution in [0.3, 0.4) is 0 Å². The van der Waals surface area contributed by atoms with Gasteiger partial charge in [0.1, 0.15) is 0 Å². The number of aromatic nitrogens is 1. The lowest BCUT2D eigenvalue weighted by Crippen LogP contribution is -2.49. The number of pyridine rings is 1. The van der Waals surface area contributed by atoms with Crippen LogP contribution >= 0.6 is 11.3 Å². The Balaban J connectivity index is 1.43. The number of amides is 1. The maximum Gasteiger partial charge on any atom is 0.263 e. The average molecular weight is 383 g/mol. The molecule has 142 valence electrons. The minimum atomic E-state index is 0.148. The van der Waals surface area contributed by atoms with E-state index in [9.17, 15) is 9.59 Å². The molecule has 2 atom stereocenters. The van der Waals surface area contributed by atoms with E-state index in [0.29, 0.717) is 11.8 Å². The molecule has 1 aliphatic carbocycles. The van der Waals surface area contributed by atoms with Gasteiger partial charge >= 0.3 is 0 Å². The van der Waals surface area contributed by atoms with E-state index in [0.717, 1.165) is 55.0 Å². The van der Waals surface area contributed by atoms with E-state index in [1.165, 1.54) is 30.6 Å². The van der Waals surface area contributed by atoms with Crippen LogP contribution in [0.4, 0.5) is 0 Å². The number of nitrogens with zero attached hydrogens (tertiary/aromatic N) is 2. The molecule has 1 amide bonds. The molecule has 2 aromatic heterocycles. The van der Waals surface area contributed by atoms with Crippen molar-refractivity contribution in [3.05, 3.63) is 56.1 Å². The van der Waals surface area contributed by atoms with E-state index in [4.69, 9.17) is 0 Å². The first-order chi connectivity index (χ1) is 13.2. The highest BCUT2D eigenvalue weighted by Gasteiger charge is 2.37. The molecule has 2 unspecified atom stereocenters. The summed E-state index contributed by atoms with van der Waals surface area (Å²) < 4.78 is 2.05. The highest BCUT2D eigenvalue weighted by molar-refractivity contribution is 7.12. The summed E-state index contributed by atoms with van der Waals surface area (Å²) in [5, 5.41) is 1.96. The van der Waals surface area contributed by atoms with Crippen LogP contribution < -0.4 is 5.56 Å². The highest BCUT2D eigenvalue weighted by atomic mass is 32.1. The minimum Gasteiger partial charge on any atom is -0.337 e. The number of hydrogen-bond acceptors (Lipinski definition) is 3. The molecule has 3 aliphatic rings. The summed E-state index contributed by atoms with van der Waals surface area (Å²) in [6, 6.07) is 8.13. The summed E-state index contributed by atoms with van der Waals surface area (Å²) in [6.45, 7) is 2.27. The Morgan fingerprint density at radius 1 is 1.00 bits per heavy atom. The molecule has 2 fully saturated rings. The molecular formula is C22H26N2O2S. The Bertz CT molecular complexity index is 896. The third kappa shape index (κ3) is 3.06. The Morgan fingerprint density at radius 2 is 1.85 bits per heavy atom. The lowest BCUT2D eigenvalue weighted by atomic mass is 9.81. The standard InChI is InChI=1S/C22H26N2O2S/c25-21-18(16-5-2-1-3-6-16)8-9-19-17-11-15(13-24(19)21)12-23(14-17)22(26)20-7-4-10-27-20/h4,7-10,15-17H,1-3,5-6,11-14H2. The topological polar surface area (TPSA) is 42.3 Å². The summed E-state index contributed by atoms with van der Waals surface area (Å²) in [4.78, 5) is 28.9. The fourth-order valence-electron chi connectivity index (χ4n) is 5.41. The summed E-state index contributed by atoms with van der Waals surface area (Å²) in [6.07, 6.45) is 7.21. The van der Waals surface area contributed by atoms with Gasteiger partial charge in [-0.15, -0.1) is 11.3 Å². The van der Waals surface area contributed by atoms with E-state index in [-0.39, 0.29) is 17.4 Å². The van der Waals surface area contributed by atoms with Gasteiger partial charge in [-0.25, -0.2) is 0 Å². The first-order valence-electron chi connectivity index (χ1n) is 10.3. The molecule has 2 aromatic rings. The largest absolute Gasteiger partial charge is 0.337 e. The summed E-state index contributed by atoms with van der Waals surface area (Å²) in [5.41, 5.74) is 2.41. The van der Waals surface area contributed by atoms with Gasteiger partial charge in [0, 0.05) is 36.8 Å². The summed E-state index contributed by atoms with van der Waals surface area (Å²) >= 11 is 1.51. The lowest BCUT2D eigenvalue weighted by Gasteiger charge is -2.43.